The molecular formula is C29H25ClF3NO6. The van der Waals surface area contributed by atoms with Crippen LogP contribution >= 0.6 is 11.6 Å². The number of ether oxygens (including phenoxy) is 5. The number of halogens is 4. The second-order valence-corrected chi connectivity index (χ2v) is 9.34. The molecule has 0 fully saturated rings. The maximum Gasteiger partial charge on any atom is 0.573 e. The number of hydrogen-bond donors (Lipinski definition) is 0. The molecule has 4 rings (SSSR count). The maximum atomic E-state index is 12.4. The monoisotopic (exact) mass is 575 g/mol. The predicted molar refractivity (Wildman–Crippen MR) is 143 cm³/mol. The third-order valence-corrected chi connectivity index (χ3v) is 6.00. The molecule has 0 aliphatic rings. The zero-order valence-corrected chi connectivity index (χ0v) is 22.7. The van der Waals surface area contributed by atoms with Crippen LogP contribution < -0.4 is 18.9 Å². The minimum absolute atomic E-state index is 0.318. The van der Waals surface area contributed by atoms with Crippen LogP contribution in [0.1, 0.15) is 19.5 Å². The van der Waals surface area contributed by atoms with Gasteiger partial charge in [-0.25, -0.2) is 0 Å². The highest BCUT2D eigenvalue weighted by molar-refractivity contribution is 6.33. The Kier molecular flexibility index (Phi) is 8.58. The lowest BCUT2D eigenvalue weighted by molar-refractivity contribution is -0.274. The molecular weight excluding hydrogens is 551 g/mol. The Hall–Kier alpha value is -4.18. The van der Waals surface area contributed by atoms with Crippen molar-refractivity contribution in [3.8, 4) is 39.9 Å². The van der Waals surface area contributed by atoms with Gasteiger partial charge in [-0.3, -0.25) is 9.78 Å². The van der Waals surface area contributed by atoms with Gasteiger partial charge >= 0.3 is 12.3 Å². The van der Waals surface area contributed by atoms with Gasteiger partial charge in [0.15, 0.2) is 0 Å². The van der Waals surface area contributed by atoms with Crippen molar-refractivity contribution < 1.29 is 41.7 Å². The summed E-state index contributed by atoms with van der Waals surface area (Å²) in [5.41, 5.74) is 2.58. The first kappa shape index (κ1) is 28.8. The Labute approximate surface area is 233 Å². The third-order valence-electron chi connectivity index (χ3n) is 5.70. The molecule has 1 heterocycles. The highest BCUT2D eigenvalue weighted by atomic mass is 35.5. The van der Waals surface area contributed by atoms with E-state index in [0.717, 1.165) is 17.7 Å². The molecule has 3 aromatic carbocycles. The summed E-state index contributed by atoms with van der Waals surface area (Å²) in [7, 11) is 1.51. The molecule has 1 aromatic heterocycles. The molecule has 0 atom stereocenters. The number of pyridine rings is 1. The molecule has 0 aliphatic heterocycles. The van der Waals surface area contributed by atoms with Crippen LogP contribution in [0.25, 0.3) is 22.0 Å². The fourth-order valence-corrected chi connectivity index (χ4v) is 4.09. The molecule has 210 valence electrons. The van der Waals surface area contributed by atoms with Crippen LogP contribution in [-0.2, 0) is 9.53 Å². The molecule has 7 nitrogen and oxygen atoms in total. The van der Waals surface area contributed by atoms with Crippen LogP contribution in [0, 0.1) is 12.8 Å². The maximum absolute atomic E-state index is 12.4. The van der Waals surface area contributed by atoms with Crippen LogP contribution in [0.4, 0.5) is 13.2 Å². The second kappa shape index (κ2) is 11.9. The molecule has 4 aromatic rings. The first-order valence-corrected chi connectivity index (χ1v) is 12.4. The average molecular weight is 576 g/mol. The number of aryl methyl sites for hydroxylation is 1. The molecule has 0 saturated carbocycles. The van der Waals surface area contributed by atoms with Gasteiger partial charge in [0.2, 0.25) is 6.79 Å². The van der Waals surface area contributed by atoms with Crippen LogP contribution in [0.3, 0.4) is 0 Å². The number of hydrogen-bond acceptors (Lipinski definition) is 7. The molecule has 0 amide bonds. The zero-order valence-electron chi connectivity index (χ0n) is 22.0. The topological polar surface area (TPSA) is 76.1 Å². The summed E-state index contributed by atoms with van der Waals surface area (Å²) >= 11 is 6.40. The van der Waals surface area contributed by atoms with Gasteiger partial charge in [-0.2, -0.15) is 0 Å². The molecule has 0 N–H and O–H groups in total. The van der Waals surface area contributed by atoms with Crippen molar-refractivity contribution >= 4 is 28.5 Å². The van der Waals surface area contributed by atoms with Crippen LogP contribution in [0.2, 0.25) is 5.02 Å². The van der Waals surface area contributed by atoms with Gasteiger partial charge < -0.3 is 23.7 Å². The SMILES string of the molecule is COc1cc2nc(C)c(-c3ccc(Oc4ccc(OC(F)(F)F)cc4)cc3)c(OCOC(=O)C(C)C)c2cc1Cl. The van der Waals surface area contributed by atoms with E-state index in [9.17, 15) is 18.0 Å². The van der Waals surface area contributed by atoms with E-state index in [1.54, 1.807) is 50.2 Å². The van der Waals surface area contributed by atoms with Gasteiger partial charge in [0.25, 0.3) is 0 Å². The van der Waals surface area contributed by atoms with Crippen molar-refractivity contribution in [1.82, 2.24) is 4.98 Å². The van der Waals surface area contributed by atoms with E-state index in [1.807, 2.05) is 6.92 Å². The van der Waals surface area contributed by atoms with E-state index in [-0.39, 0.29) is 18.5 Å². The van der Waals surface area contributed by atoms with E-state index in [2.05, 4.69) is 4.74 Å². The molecule has 0 spiro atoms. The van der Waals surface area contributed by atoms with E-state index in [1.165, 1.54) is 19.2 Å². The Balaban J connectivity index is 1.65. The second-order valence-electron chi connectivity index (χ2n) is 8.93. The van der Waals surface area contributed by atoms with Gasteiger partial charge in [0.05, 0.1) is 23.6 Å². The first-order valence-electron chi connectivity index (χ1n) is 12.1. The summed E-state index contributed by atoms with van der Waals surface area (Å²) in [6.07, 6.45) is -4.77. The highest BCUT2D eigenvalue weighted by Crippen LogP contribution is 2.42. The largest absolute Gasteiger partial charge is 0.573 e. The van der Waals surface area contributed by atoms with Crippen molar-refractivity contribution in [2.45, 2.75) is 27.1 Å². The average Bonchev–Trinajstić information content (AvgIpc) is 2.89. The summed E-state index contributed by atoms with van der Waals surface area (Å²) in [5, 5.41) is 0.944. The Morgan fingerprint density at radius 3 is 2.15 bits per heavy atom. The minimum Gasteiger partial charge on any atom is -0.495 e. The van der Waals surface area contributed by atoms with E-state index in [4.69, 9.17) is 35.5 Å². The van der Waals surface area contributed by atoms with Crippen molar-refractivity contribution in [3.05, 3.63) is 71.4 Å². The summed E-state index contributed by atoms with van der Waals surface area (Å²) in [5.74, 6) is 0.558. The quantitative estimate of drug-likeness (QED) is 0.147. The molecule has 40 heavy (non-hydrogen) atoms. The van der Waals surface area contributed by atoms with Crippen LogP contribution in [-0.4, -0.2) is 31.2 Å². The lowest BCUT2D eigenvalue weighted by Gasteiger charge is -2.18. The molecule has 0 aliphatic carbocycles. The number of methoxy groups -OCH3 is 1. The summed E-state index contributed by atoms with van der Waals surface area (Å²) in [6.45, 7) is 4.94. The number of carbonyl (C=O) groups excluding carboxylic acids is 1. The van der Waals surface area contributed by atoms with Gasteiger partial charge in [-0.15, -0.1) is 13.2 Å². The molecule has 0 bridgehead atoms. The zero-order chi connectivity index (χ0) is 29.0. The summed E-state index contributed by atoms with van der Waals surface area (Å²) < 4.78 is 63.4. The third kappa shape index (κ3) is 6.87. The Morgan fingerprint density at radius 1 is 0.975 bits per heavy atom. The van der Waals surface area contributed by atoms with Crippen molar-refractivity contribution in [2.75, 3.05) is 13.9 Å². The minimum atomic E-state index is -4.77. The number of nitrogens with zero attached hydrogens (tertiary/aromatic N) is 1. The van der Waals surface area contributed by atoms with E-state index < -0.39 is 12.3 Å². The normalized spacial score (nSPS) is 11.4. The predicted octanol–water partition coefficient (Wildman–Crippen LogP) is 8.10. The fourth-order valence-electron chi connectivity index (χ4n) is 3.85. The lowest BCUT2D eigenvalue weighted by Crippen LogP contribution is -2.16. The Morgan fingerprint density at radius 2 is 1.57 bits per heavy atom. The fraction of sp³-hybridized carbons (Fsp3) is 0.241. The molecule has 0 unspecified atom stereocenters. The smallest absolute Gasteiger partial charge is 0.495 e. The summed E-state index contributed by atoms with van der Waals surface area (Å²) in [6, 6.07) is 15.4. The van der Waals surface area contributed by atoms with Gasteiger partial charge in [-0.1, -0.05) is 37.6 Å². The van der Waals surface area contributed by atoms with Crippen molar-refractivity contribution in [2.24, 2.45) is 5.92 Å². The van der Waals surface area contributed by atoms with Crippen LogP contribution in [0.5, 0.6) is 28.7 Å². The van der Waals surface area contributed by atoms with E-state index >= 15 is 0 Å². The van der Waals surface area contributed by atoms with Crippen molar-refractivity contribution in [1.29, 1.82) is 0 Å². The number of rotatable bonds is 9. The molecule has 11 heteroatoms. The number of alkyl halides is 3. The Bertz CT molecular complexity index is 1510. The van der Waals surface area contributed by atoms with Gasteiger partial charge in [0.1, 0.15) is 28.7 Å². The summed E-state index contributed by atoms with van der Waals surface area (Å²) in [4.78, 5) is 16.7. The number of carbonyl (C=O) groups is 1. The number of fused-ring (bicyclic) bond motifs is 1. The van der Waals surface area contributed by atoms with Gasteiger partial charge in [-0.05, 0) is 55.0 Å². The first-order chi connectivity index (χ1) is 18.9. The number of aromatic nitrogens is 1. The van der Waals surface area contributed by atoms with E-state index in [0.29, 0.717) is 50.2 Å². The number of esters is 1. The number of benzene rings is 3. The lowest BCUT2D eigenvalue weighted by atomic mass is 10.00. The van der Waals surface area contributed by atoms with Crippen LogP contribution in [0.15, 0.2) is 60.7 Å². The highest BCUT2D eigenvalue weighted by Gasteiger charge is 2.31. The molecule has 0 radical (unpaired) electrons. The molecule has 0 saturated heterocycles. The van der Waals surface area contributed by atoms with Crippen molar-refractivity contribution in [3.63, 3.8) is 0 Å². The van der Waals surface area contributed by atoms with Gasteiger partial charge in [0, 0.05) is 22.7 Å². The standard InChI is InChI=1S/C29H25ClF3NO6/c1-16(2)28(35)38-15-37-27-22-13-23(30)25(36-4)14-24(22)34-17(3)26(27)18-5-7-19(8-6-18)39-20-9-11-21(12-10-20)40-29(31,32)33/h5-14,16H,15H2,1-4H3.